The van der Waals surface area contributed by atoms with Crippen LogP contribution in [0, 0.1) is 11.7 Å². The normalized spacial score (nSPS) is 16.8. The summed E-state index contributed by atoms with van der Waals surface area (Å²) in [5.41, 5.74) is 0.870. The highest BCUT2D eigenvalue weighted by Crippen LogP contribution is 2.20. The van der Waals surface area contributed by atoms with Gasteiger partial charge in [-0.2, -0.15) is 0 Å². The molecule has 1 atom stereocenters. The summed E-state index contributed by atoms with van der Waals surface area (Å²) in [5.74, 6) is -0.237. The lowest BCUT2D eigenvalue weighted by atomic mass is 9.99. The van der Waals surface area contributed by atoms with Crippen LogP contribution in [-0.2, 0) is 11.2 Å². The predicted octanol–water partition coefficient (Wildman–Crippen LogP) is 3.20. The van der Waals surface area contributed by atoms with Crippen molar-refractivity contribution in [1.29, 1.82) is 0 Å². The molecule has 24 heavy (non-hydrogen) atoms. The first kappa shape index (κ1) is 16.9. The first-order chi connectivity index (χ1) is 11.6. The number of nitrogens with zero attached hydrogens (tertiary/aromatic N) is 3. The third-order valence-electron chi connectivity index (χ3n) is 4.35. The first-order valence-corrected chi connectivity index (χ1v) is 9.19. The average Bonchev–Trinajstić information content (AvgIpc) is 2.99. The van der Waals surface area contributed by atoms with Crippen molar-refractivity contribution in [1.82, 2.24) is 9.88 Å². The second-order valence-corrected chi connectivity index (χ2v) is 7.09. The molecule has 128 valence electrons. The van der Waals surface area contributed by atoms with Crippen molar-refractivity contribution >= 4 is 22.4 Å². The molecule has 1 aromatic carbocycles. The fraction of sp³-hybridized carbons (Fsp3) is 0.444. The van der Waals surface area contributed by atoms with Crippen LogP contribution in [0.25, 0.3) is 0 Å². The summed E-state index contributed by atoms with van der Waals surface area (Å²) in [6.07, 6.45) is 3.33. The molecule has 0 aliphatic carbocycles. The molecule has 3 rings (SSSR count). The predicted molar refractivity (Wildman–Crippen MR) is 94.8 cm³/mol. The second-order valence-electron chi connectivity index (χ2n) is 6.22. The molecular weight excluding hydrogens is 325 g/mol. The van der Waals surface area contributed by atoms with Crippen molar-refractivity contribution in [2.75, 3.05) is 31.1 Å². The lowest BCUT2D eigenvalue weighted by Crippen LogP contribution is -2.38. The van der Waals surface area contributed by atoms with Gasteiger partial charge in [0.15, 0.2) is 5.13 Å². The molecule has 0 saturated carbocycles. The number of halogens is 1. The fourth-order valence-corrected chi connectivity index (χ4v) is 3.81. The monoisotopic (exact) mass is 347 g/mol. The number of hydrogen-bond donors (Lipinski definition) is 0. The fourth-order valence-electron chi connectivity index (χ4n) is 3.12. The van der Waals surface area contributed by atoms with Crippen LogP contribution in [0.3, 0.4) is 0 Å². The summed E-state index contributed by atoms with van der Waals surface area (Å²) in [5, 5.41) is 3.00. The van der Waals surface area contributed by atoms with Gasteiger partial charge in [0.2, 0.25) is 5.91 Å². The van der Waals surface area contributed by atoms with Crippen molar-refractivity contribution < 1.29 is 9.18 Å². The molecule has 1 aliphatic rings. The van der Waals surface area contributed by atoms with E-state index in [1.54, 1.807) is 17.4 Å². The molecule has 1 amide bonds. The van der Waals surface area contributed by atoms with E-state index in [4.69, 9.17) is 0 Å². The SMILES string of the molecule is C[C@H](Cc1cccc(F)c1)C(=O)N1CCCN(c2nccs2)CC1. The number of benzene rings is 1. The van der Waals surface area contributed by atoms with E-state index in [0.717, 1.165) is 36.8 Å². The third-order valence-corrected chi connectivity index (χ3v) is 5.18. The van der Waals surface area contributed by atoms with Crippen molar-refractivity contribution in [2.45, 2.75) is 19.8 Å². The van der Waals surface area contributed by atoms with Gasteiger partial charge in [-0.3, -0.25) is 4.79 Å². The maximum atomic E-state index is 13.3. The van der Waals surface area contributed by atoms with Crippen LogP contribution in [0.4, 0.5) is 9.52 Å². The van der Waals surface area contributed by atoms with E-state index in [1.807, 2.05) is 29.5 Å². The highest BCUT2D eigenvalue weighted by Gasteiger charge is 2.24. The van der Waals surface area contributed by atoms with Gasteiger partial charge in [0.1, 0.15) is 5.82 Å². The van der Waals surface area contributed by atoms with Crippen LogP contribution in [0.15, 0.2) is 35.8 Å². The van der Waals surface area contributed by atoms with Gasteiger partial charge in [-0.15, -0.1) is 11.3 Å². The zero-order chi connectivity index (χ0) is 16.9. The molecule has 0 bridgehead atoms. The Balaban J connectivity index is 1.58. The molecule has 1 fully saturated rings. The maximum absolute atomic E-state index is 13.3. The Bertz CT molecular complexity index is 677. The molecule has 2 aromatic rings. The minimum atomic E-state index is -0.249. The van der Waals surface area contributed by atoms with Crippen molar-refractivity contribution in [3.63, 3.8) is 0 Å². The minimum Gasteiger partial charge on any atom is -0.346 e. The Labute approximate surface area is 145 Å². The number of amides is 1. The number of carbonyl (C=O) groups is 1. The van der Waals surface area contributed by atoms with Gasteiger partial charge in [0.25, 0.3) is 0 Å². The van der Waals surface area contributed by atoms with E-state index < -0.39 is 0 Å². The van der Waals surface area contributed by atoms with E-state index in [9.17, 15) is 9.18 Å². The molecular formula is C18H22FN3OS. The molecule has 1 aliphatic heterocycles. The van der Waals surface area contributed by atoms with Crippen molar-refractivity contribution in [3.05, 3.63) is 47.2 Å². The average molecular weight is 347 g/mol. The van der Waals surface area contributed by atoms with E-state index in [1.165, 1.54) is 12.1 Å². The van der Waals surface area contributed by atoms with Gasteiger partial charge in [0, 0.05) is 43.7 Å². The molecule has 1 aromatic heterocycles. The van der Waals surface area contributed by atoms with Gasteiger partial charge < -0.3 is 9.80 Å². The Morgan fingerprint density at radius 1 is 1.33 bits per heavy atom. The van der Waals surface area contributed by atoms with Crippen LogP contribution in [0.1, 0.15) is 18.9 Å². The molecule has 1 saturated heterocycles. The number of hydrogen-bond acceptors (Lipinski definition) is 4. The zero-order valence-electron chi connectivity index (χ0n) is 13.8. The summed E-state index contributed by atoms with van der Waals surface area (Å²) in [6, 6.07) is 6.51. The minimum absolute atomic E-state index is 0.141. The first-order valence-electron chi connectivity index (χ1n) is 8.31. The quantitative estimate of drug-likeness (QED) is 0.852. The standard InChI is InChI=1S/C18H22FN3OS/c1-14(12-15-4-2-5-16(19)13-15)17(23)21-7-3-8-22(10-9-21)18-20-6-11-24-18/h2,4-6,11,13-14H,3,7-10,12H2,1H3/t14-/m1/s1. The summed E-state index contributed by atoms with van der Waals surface area (Å²) < 4.78 is 13.3. The summed E-state index contributed by atoms with van der Waals surface area (Å²) >= 11 is 1.63. The highest BCUT2D eigenvalue weighted by atomic mass is 32.1. The van der Waals surface area contributed by atoms with Crippen molar-refractivity contribution in [2.24, 2.45) is 5.92 Å². The highest BCUT2D eigenvalue weighted by molar-refractivity contribution is 7.13. The molecule has 6 heteroatoms. The van der Waals surface area contributed by atoms with E-state index >= 15 is 0 Å². The molecule has 0 unspecified atom stereocenters. The van der Waals surface area contributed by atoms with Crippen molar-refractivity contribution in [3.8, 4) is 0 Å². The topological polar surface area (TPSA) is 36.4 Å². The second kappa shape index (κ2) is 7.75. The Kier molecular flexibility index (Phi) is 5.45. The Morgan fingerprint density at radius 2 is 2.21 bits per heavy atom. The van der Waals surface area contributed by atoms with E-state index in [-0.39, 0.29) is 17.6 Å². The molecule has 0 spiro atoms. The van der Waals surface area contributed by atoms with Crippen LogP contribution < -0.4 is 4.90 Å². The van der Waals surface area contributed by atoms with Crippen LogP contribution >= 0.6 is 11.3 Å². The summed E-state index contributed by atoms with van der Waals surface area (Å²) in [7, 11) is 0. The van der Waals surface area contributed by atoms with E-state index in [2.05, 4.69) is 9.88 Å². The Hall–Kier alpha value is -1.95. The van der Waals surface area contributed by atoms with Gasteiger partial charge in [-0.05, 0) is 30.5 Å². The zero-order valence-corrected chi connectivity index (χ0v) is 14.6. The Morgan fingerprint density at radius 3 is 2.96 bits per heavy atom. The van der Waals surface area contributed by atoms with E-state index in [0.29, 0.717) is 13.0 Å². The van der Waals surface area contributed by atoms with Gasteiger partial charge in [-0.25, -0.2) is 9.37 Å². The number of aromatic nitrogens is 1. The van der Waals surface area contributed by atoms with Crippen LogP contribution in [0.5, 0.6) is 0 Å². The van der Waals surface area contributed by atoms with Gasteiger partial charge in [0.05, 0.1) is 0 Å². The largest absolute Gasteiger partial charge is 0.346 e. The molecule has 0 N–H and O–H groups in total. The smallest absolute Gasteiger partial charge is 0.225 e. The van der Waals surface area contributed by atoms with Crippen LogP contribution in [0.2, 0.25) is 0 Å². The van der Waals surface area contributed by atoms with Gasteiger partial charge >= 0.3 is 0 Å². The lowest BCUT2D eigenvalue weighted by Gasteiger charge is -2.24. The number of carbonyl (C=O) groups excluding carboxylic acids is 1. The molecule has 0 radical (unpaired) electrons. The lowest BCUT2D eigenvalue weighted by molar-refractivity contribution is -0.134. The molecule has 4 nitrogen and oxygen atoms in total. The maximum Gasteiger partial charge on any atom is 0.225 e. The number of rotatable bonds is 4. The summed E-state index contributed by atoms with van der Waals surface area (Å²) in [6.45, 7) is 5.15. The molecule has 2 heterocycles. The van der Waals surface area contributed by atoms with Gasteiger partial charge in [-0.1, -0.05) is 19.1 Å². The number of anilines is 1. The van der Waals surface area contributed by atoms with Crippen LogP contribution in [-0.4, -0.2) is 42.0 Å². The third kappa shape index (κ3) is 4.12. The summed E-state index contributed by atoms with van der Waals surface area (Å²) in [4.78, 5) is 21.3. The number of thiazole rings is 1.